The predicted molar refractivity (Wildman–Crippen MR) is 102 cm³/mol. The smallest absolute Gasteiger partial charge is 0.0702 e. The molecule has 0 aliphatic carbocycles. The van der Waals surface area contributed by atoms with Crippen molar-refractivity contribution in [2.24, 2.45) is 0 Å². The van der Waals surface area contributed by atoms with Crippen molar-refractivity contribution >= 4 is 38.2 Å². The van der Waals surface area contributed by atoms with Crippen molar-refractivity contribution in [1.29, 1.82) is 0 Å². The molecule has 0 atom stereocenters. The van der Waals surface area contributed by atoms with Gasteiger partial charge >= 0.3 is 0 Å². The highest BCUT2D eigenvalue weighted by molar-refractivity contribution is 9.10. The van der Waals surface area contributed by atoms with E-state index in [1.807, 2.05) is 61.1 Å². The third-order valence-corrected chi connectivity index (χ3v) is 4.27. The van der Waals surface area contributed by atoms with Crippen LogP contribution in [0.15, 0.2) is 83.7 Å². The molecule has 0 saturated carbocycles. The second-order valence-corrected chi connectivity index (χ2v) is 6.43. The van der Waals surface area contributed by atoms with E-state index in [2.05, 4.69) is 49.4 Å². The Morgan fingerprint density at radius 2 is 1.62 bits per heavy atom. The molecule has 0 radical (unpaired) electrons. The predicted octanol–water partition coefficient (Wildman–Crippen LogP) is 5.80. The minimum absolute atomic E-state index is 0.943. The zero-order chi connectivity index (χ0) is 16.4. The number of nitrogens with zero attached hydrogens (tertiary/aromatic N) is 2. The maximum Gasteiger partial charge on any atom is 0.0702 e. The van der Waals surface area contributed by atoms with E-state index in [1.165, 1.54) is 0 Å². The molecule has 4 heteroatoms. The number of hydrogen-bond donors (Lipinski definition) is 1. The van der Waals surface area contributed by atoms with Gasteiger partial charge in [0, 0.05) is 39.1 Å². The van der Waals surface area contributed by atoms with Gasteiger partial charge in [-0.05, 0) is 36.4 Å². The lowest BCUT2D eigenvalue weighted by Gasteiger charge is -2.09. The minimum Gasteiger partial charge on any atom is -0.354 e. The SMILES string of the molecule is Brc1cccc(Nc2cncc(-c3cnc4ccccc4c3)c2)c1. The van der Waals surface area contributed by atoms with Crippen molar-refractivity contribution in [1.82, 2.24) is 9.97 Å². The summed E-state index contributed by atoms with van der Waals surface area (Å²) in [6.07, 6.45) is 5.57. The van der Waals surface area contributed by atoms with Gasteiger partial charge in [-0.1, -0.05) is 40.2 Å². The van der Waals surface area contributed by atoms with Gasteiger partial charge < -0.3 is 5.32 Å². The van der Waals surface area contributed by atoms with Gasteiger partial charge in [-0.3, -0.25) is 9.97 Å². The fourth-order valence-corrected chi connectivity index (χ4v) is 3.03. The lowest BCUT2D eigenvalue weighted by Crippen LogP contribution is -1.92. The summed E-state index contributed by atoms with van der Waals surface area (Å²) in [6, 6.07) is 20.4. The van der Waals surface area contributed by atoms with Gasteiger partial charge in [-0.2, -0.15) is 0 Å². The molecule has 4 aromatic rings. The van der Waals surface area contributed by atoms with Crippen LogP contribution in [0.3, 0.4) is 0 Å². The molecule has 2 aromatic carbocycles. The molecule has 0 saturated heterocycles. The number of aromatic nitrogens is 2. The minimum atomic E-state index is 0.943. The van der Waals surface area contributed by atoms with Gasteiger partial charge in [0.05, 0.1) is 17.4 Å². The van der Waals surface area contributed by atoms with Gasteiger partial charge in [0.15, 0.2) is 0 Å². The molecule has 2 aromatic heterocycles. The highest BCUT2D eigenvalue weighted by Crippen LogP contribution is 2.26. The monoisotopic (exact) mass is 375 g/mol. The first-order valence-electron chi connectivity index (χ1n) is 7.61. The quantitative estimate of drug-likeness (QED) is 0.491. The Labute approximate surface area is 148 Å². The molecule has 1 N–H and O–H groups in total. The van der Waals surface area contributed by atoms with E-state index in [0.29, 0.717) is 0 Å². The molecule has 24 heavy (non-hydrogen) atoms. The van der Waals surface area contributed by atoms with Crippen LogP contribution in [0.4, 0.5) is 11.4 Å². The average Bonchev–Trinajstić information content (AvgIpc) is 2.61. The summed E-state index contributed by atoms with van der Waals surface area (Å²) < 4.78 is 1.04. The normalized spacial score (nSPS) is 10.7. The first-order valence-corrected chi connectivity index (χ1v) is 8.40. The van der Waals surface area contributed by atoms with E-state index in [9.17, 15) is 0 Å². The molecular formula is C20H14BrN3. The largest absolute Gasteiger partial charge is 0.354 e. The topological polar surface area (TPSA) is 37.8 Å². The Balaban J connectivity index is 1.68. The number of halogens is 1. The molecule has 4 rings (SSSR count). The van der Waals surface area contributed by atoms with Crippen molar-refractivity contribution in [3.8, 4) is 11.1 Å². The Morgan fingerprint density at radius 1 is 0.750 bits per heavy atom. The van der Waals surface area contributed by atoms with Crippen molar-refractivity contribution in [3.05, 3.63) is 83.7 Å². The van der Waals surface area contributed by atoms with Crippen LogP contribution in [0.1, 0.15) is 0 Å². The van der Waals surface area contributed by atoms with Crippen LogP contribution in [0.2, 0.25) is 0 Å². The number of para-hydroxylation sites is 1. The summed E-state index contributed by atoms with van der Waals surface area (Å²) in [7, 11) is 0. The Kier molecular flexibility index (Phi) is 3.97. The molecule has 0 fully saturated rings. The number of anilines is 2. The van der Waals surface area contributed by atoms with Crippen LogP contribution >= 0.6 is 15.9 Å². The van der Waals surface area contributed by atoms with E-state index >= 15 is 0 Å². The van der Waals surface area contributed by atoms with E-state index in [0.717, 1.165) is 37.9 Å². The van der Waals surface area contributed by atoms with Gasteiger partial charge in [0.2, 0.25) is 0 Å². The van der Waals surface area contributed by atoms with Crippen LogP contribution in [-0.2, 0) is 0 Å². The Hall–Kier alpha value is -2.72. The maximum atomic E-state index is 4.53. The molecule has 0 spiro atoms. The molecule has 0 unspecified atom stereocenters. The summed E-state index contributed by atoms with van der Waals surface area (Å²) in [4.78, 5) is 8.89. The van der Waals surface area contributed by atoms with E-state index < -0.39 is 0 Å². The molecular weight excluding hydrogens is 362 g/mol. The summed E-state index contributed by atoms with van der Waals surface area (Å²) in [5.41, 5.74) is 5.05. The molecule has 0 amide bonds. The Bertz CT molecular complexity index is 1010. The molecule has 3 nitrogen and oxygen atoms in total. The van der Waals surface area contributed by atoms with E-state index in [1.54, 1.807) is 0 Å². The standard InChI is InChI=1S/C20H14BrN3/c21-17-5-3-6-18(10-17)24-19-9-16(11-22-13-19)15-8-14-4-1-2-7-20(14)23-12-15/h1-13,24H. The fraction of sp³-hybridized carbons (Fsp3) is 0. The summed E-state index contributed by atoms with van der Waals surface area (Å²) in [6.45, 7) is 0. The van der Waals surface area contributed by atoms with Crippen LogP contribution in [0.25, 0.3) is 22.0 Å². The number of fused-ring (bicyclic) bond motifs is 1. The van der Waals surface area contributed by atoms with Crippen molar-refractivity contribution in [3.63, 3.8) is 0 Å². The van der Waals surface area contributed by atoms with Crippen molar-refractivity contribution in [2.75, 3.05) is 5.32 Å². The summed E-state index contributed by atoms with van der Waals surface area (Å²) in [5.74, 6) is 0. The fourth-order valence-electron chi connectivity index (χ4n) is 2.63. The highest BCUT2D eigenvalue weighted by Gasteiger charge is 2.03. The molecule has 0 bridgehead atoms. The van der Waals surface area contributed by atoms with Crippen molar-refractivity contribution in [2.45, 2.75) is 0 Å². The van der Waals surface area contributed by atoms with Gasteiger partial charge in [0.1, 0.15) is 0 Å². The number of nitrogens with one attached hydrogen (secondary N) is 1. The molecule has 2 heterocycles. The molecule has 0 aliphatic rings. The zero-order valence-corrected chi connectivity index (χ0v) is 14.4. The highest BCUT2D eigenvalue weighted by atomic mass is 79.9. The first-order chi connectivity index (χ1) is 11.8. The third kappa shape index (κ3) is 3.14. The van der Waals surface area contributed by atoms with E-state index in [-0.39, 0.29) is 0 Å². The third-order valence-electron chi connectivity index (χ3n) is 3.78. The number of rotatable bonds is 3. The summed E-state index contributed by atoms with van der Waals surface area (Å²) >= 11 is 3.49. The van der Waals surface area contributed by atoms with E-state index in [4.69, 9.17) is 0 Å². The zero-order valence-electron chi connectivity index (χ0n) is 12.8. The Morgan fingerprint density at radius 3 is 2.54 bits per heavy atom. The van der Waals surface area contributed by atoms with Crippen LogP contribution < -0.4 is 5.32 Å². The second-order valence-electron chi connectivity index (χ2n) is 5.51. The maximum absolute atomic E-state index is 4.53. The first kappa shape index (κ1) is 14.8. The lowest BCUT2D eigenvalue weighted by atomic mass is 10.1. The molecule has 0 aliphatic heterocycles. The number of hydrogen-bond acceptors (Lipinski definition) is 3. The van der Waals surface area contributed by atoms with Crippen LogP contribution in [0.5, 0.6) is 0 Å². The second kappa shape index (κ2) is 6.42. The summed E-state index contributed by atoms with van der Waals surface area (Å²) in [5, 5.41) is 4.50. The van der Waals surface area contributed by atoms with Crippen LogP contribution in [0, 0.1) is 0 Å². The average molecular weight is 376 g/mol. The molecule has 116 valence electrons. The number of pyridine rings is 2. The van der Waals surface area contributed by atoms with Gasteiger partial charge in [-0.15, -0.1) is 0 Å². The lowest BCUT2D eigenvalue weighted by molar-refractivity contribution is 1.31. The van der Waals surface area contributed by atoms with Gasteiger partial charge in [0.25, 0.3) is 0 Å². The van der Waals surface area contributed by atoms with Crippen LogP contribution in [-0.4, -0.2) is 9.97 Å². The van der Waals surface area contributed by atoms with Gasteiger partial charge in [-0.25, -0.2) is 0 Å². The van der Waals surface area contributed by atoms with Crippen molar-refractivity contribution < 1.29 is 0 Å². The number of benzene rings is 2.